The van der Waals surface area contributed by atoms with Crippen LogP contribution >= 0.6 is 23.5 Å². The van der Waals surface area contributed by atoms with Gasteiger partial charge in [0.1, 0.15) is 0 Å². The molecule has 0 nitrogen and oxygen atoms in total. The summed E-state index contributed by atoms with van der Waals surface area (Å²) < 4.78 is 0.668. The summed E-state index contributed by atoms with van der Waals surface area (Å²) in [5.74, 6) is 2.64. The summed E-state index contributed by atoms with van der Waals surface area (Å²) in [7, 11) is 0. The van der Waals surface area contributed by atoms with Crippen molar-refractivity contribution >= 4 is 23.5 Å². The van der Waals surface area contributed by atoms with Crippen LogP contribution in [0.15, 0.2) is 0 Å². The quantitative estimate of drug-likeness (QED) is 0.694. The van der Waals surface area contributed by atoms with Crippen LogP contribution < -0.4 is 0 Å². The molecule has 1 aromatic rings. The SMILES string of the molecule is Cc1c(C)c(C)c(C2SCCCS2)c(C)c1C. The molecular formula is C15H22S2. The van der Waals surface area contributed by atoms with Crippen LogP contribution in [0.25, 0.3) is 0 Å². The van der Waals surface area contributed by atoms with Gasteiger partial charge in [-0.2, -0.15) is 0 Å². The largest absolute Gasteiger partial charge is 0.143 e. The van der Waals surface area contributed by atoms with Crippen LogP contribution in [0.5, 0.6) is 0 Å². The Morgan fingerprint density at radius 2 is 1.12 bits per heavy atom. The van der Waals surface area contributed by atoms with Crippen LogP contribution in [0.2, 0.25) is 0 Å². The Balaban J connectivity index is 2.52. The molecule has 94 valence electrons. The fourth-order valence-electron chi connectivity index (χ4n) is 2.54. The lowest BCUT2D eigenvalue weighted by molar-refractivity contribution is 1.07. The maximum Gasteiger partial charge on any atom is 0.0756 e. The van der Waals surface area contributed by atoms with Gasteiger partial charge in [-0.05, 0) is 85.9 Å². The van der Waals surface area contributed by atoms with Crippen molar-refractivity contribution in [2.24, 2.45) is 0 Å². The molecule has 1 aromatic carbocycles. The van der Waals surface area contributed by atoms with Gasteiger partial charge >= 0.3 is 0 Å². The van der Waals surface area contributed by atoms with Crippen LogP contribution in [0.3, 0.4) is 0 Å². The first-order chi connectivity index (χ1) is 8.04. The van der Waals surface area contributed by atoms with E-state index in [-0.39, 0.29) is 0 Å². The van der Waals surface area contributed by atoms with Crippen LogP contribution in [-0.2, 0) is 0 Å². The first-order valence-electron chi connectivity index (χ1n) is 6.34. The van der Waals surface area contributed by atoms with Crippen LogP contribution in [0.1, 0.15) is 44.4 Å². The molecule has 0 saturated carbocycles. The minimum absolute atomic E-state index is 0.668. The Kier molecular flexibility index (Phi) is 4.14. The van der Waals surface area contributed by atoms with Crippen molar-refractivity contribution in [3.8, 4) is 0 Å². The summed E-state index contributed by atoms with van der Waals surface area (Å²) in [5, 5.41) is 0. The van der Waals surface area contributed by atoms with Gasteiger partial charge in [-0.3, -0.25) is 0 Å². The molecule has 17 heavy (non-hydrogen) atoms. The molecule has 0 spiro atoms. The van der Waals surface area contributed by atoms with Gasteiger partial charge in [-0.25, -0.2) is 0 Å². The Morgan fingerprint density at radius 3 is 1.59 bits per heavy atom. The minimum atomic E-state index is 0.668. The second-order valence-electron chi connectivity index (χ2n) is 4.97. The summed E-state index contributed by atoms with van der Waals surface area (Å²) >= 11 is 4.26. The second kappa shape index (κ2) is 5.27. The molecule has 1 aliphatic rings. The number of thioether (sulfide) groups is 2. The molecule has 1 fully saturated rings. The summed E-state index contributed by atoms with van der Waals surface area (Å²) in [4.78, 5) is 0. The third kappa shape index (κ3) is 2.39. The lowest BCUT2D eigenvalue weighted by Crippen LogP contribution is -2.08. The topological polar surface area (TPSA) is 0 Å². The van der Waals surface area contributed by atoms with Crippen molar-refractivity contribution in [3.05, 3.63) is 33.4 Å². The maximum atomic E-state index is 2.31. The van der Waals surface area contributed by atoms with Crippen molar-refractivity contribution in [2.45, 2.75) is 45.6 Å². The molecule has 1 aliphatic heterocycles. The summed E-state index contributed by atoms with van der Waals surface area (Å²) in [6.45, 7) is 11.4. The van der Waals surface area contributed by atoms with Gasteiger partial charge in [0.05, 0.1) is 4.58 Å². The molecule has 2 rings (SSSR count). The minimum Gasteiger partial charge on any atom is -0.143 e. The van der Waals surface area contributed by atoms with E-state index >= 15 is 0 Å². The molecule has 0 aromatic heterocycles. The molecule has 0 atom stereocenters. The van der Waals surface area contributed by atoms with Gasteiger partial charge in [0.15, 0.2) is 0 Å². The third-order valence-electron chi connectivity index (χ3n) is 4.12. The molecule has 0 unspecified atom stereocenters. The number of benzene rings is 1. The molecule has 0 N–H and O–H groups in total. The summed E-state index contributed by atoms with van der Waals surface area (Å²) in [6.07, 6.45) is 1.37. The smallest absolute Gasteiger partial charge is 0.0756 e. The normalized spacial score (nSPS) is 17.5. The van der Waals surface area contributed by atoms with Crippen molar-refractivity contribution in [1.82, 2.24) is 0 Å². The van der Waals surface area contributed by atoms with Crippen molar-refractivity contribution in [2.75, 3.05) is 11.5 Å². The standard InChI is InChI=1S/C15H22S2/c1-9-10(2)12(4)14(13(5)11(9)3)15-16-7-6-8-17-15/h15H,6-8H2,1-5H3. The van der Waals surface area contributed by atoms with Crippen molar-refractivity contribution < 1.29 is 0 Å². The lowest BCUT2D eigenvalue weighted by Gasteiger charge is -2.27. The number of hydrogen-bond donors (Lipinski definition) is 0. The Hall–Kier alpha value is -0.0800. The van der Waals surface area contributed by atoms with E-state index in [0.29, 0.717) is 4.58 Å². The van der Waals surface area contributed by atoms with Gasteiger partial charge in [-0.15, -0.1) is 23.5 Å². The predicted octanol–water partition coefficient (Wildman–Crippen LogP) is 5.10. The van der Waals surface area contributed by atoms with Gasteiger partial charge in [0.2, 0.25) is 0 Å². The summed E-state index contributed by atoms with van der Waals surface area (Å²) in [5.41, 5.74) is 9.13. The maximum absolute atomic E-state index is 2.31. The molecule has 0 radical (unpaired) electrons. The van der Waals surface area contributed by atoms with E-state index in [1.54, 1.807) is 5.56 Å². The average molecular weight is 266 g/mol. The van der Waals surface area contributed by atoms with Crippen molar-refractivity contribution in [1.29, 1.82) is 0 Å². The first-order valence-corrected chi connectivity index (χ1v) is 8.43. The molecule has 1 saturated heterocycles. The summed E-state index contributed by atoms with van der Waals surface area (Å²) in [6, 6.07) is 0. The average Bonchev–Trinajstić information content (AvgIpc) is 2.36. The van der Waals surface area contributed by atoms with E-state index in [1.165, 1.54) is 45.7 Å². The Labute approximate surface area is 114 Å². The zero-order valence-corrected chi connectivity index (χ0v) is 13.1. The predicted molar refractivity (Wildman–Crippen MR) is 82.4 cm³/mol. The van der Waals surface area contributed by atoms with Crippen LogP contribution in [0.4, 0.5) is 0 Å². The third-order valence-corrected chi connectivity index (χ3v) is 7.06. The van der Waals surface area contributed by atoms with E-state index in [2.05, 4.69) is 58.1 Å². The fourth-order valence-corrected chi connectivity index (χ4v) is 5.77. The van der Waals surface area contributed by atoms with E-state index < -0.39 is 0 Å². The first kappa shape index (κ1) is 13.4. The molecule has 0 aliphatic carbocycles. The zero-order chi connectivity index (χ0) is 12.6. The van der Waals surface area contributed by atoms with Gasteiger partial charge in [-0.1, -0.05) is 0 Å². The number of hydrogen-bond acceptors (Lipinski definition) is 2. The zero-order valence-electron chi connectivity index (χ0n) is 11.5. The fraction of sp³-hybridized carbons (Fsp3) is 0.600. The van der Waals surface area contributed by atoms with E-state index in [4.69, 9.17) is 0 Å². The van der Waals surface area contributed by atoms with Crippen LogP contribution in [0, 0.1) is 34.6 Å². The number of rotatable bonds is 1. The monoisotopic (exact) mass is 266 g/mol. The lowest BCUT2D eigenvalue weighted by atomic mass is 9.90. The Morgan fingerprint density at radius 1 is 0.706 bits per heavy atom. The highest BCUT2D eigenvalue weighted by Crippen LogP contribution is 2.47. The highest BCUT2D eigenvalue weighted by Gasteiger charge is 2.23. The highest BCUT2D eigenvalue weighted by atomic mass is 32.2. The molecule has 0 bridgehead atoms. The molecule has 0 amide bonds. The molecule has 1 heterocycles. The second-order valence-corrected chi connectivity index (χ2v) is 7.69. The van der Waals surface area contributed by atoms with E-state index in [9.17, 15) is 0 Å². The van der Waals surface area contributed by atoms with Gasteiger partial charge < -0.3 is 0 Å². The van der Waals surface area contributed by atoms with Crippen LogP contribution in [-0.4, -0.2) is 11.5 Å². The van der Waals surface area contributed by atoms with E-state index in [1.807, 2.05) is 0 Å². The molecular weight excluding hydrogens is 244 g/mol. The molecule has 2 heteroatoms. The highest BCUT2D eigenvalue weighted by molar-refractivity contribution is 8.16. The van der Waals surface area contributed by atoms with Gasteiger partial charge in [0.25, 0.3) is 0 Å². The van der Waals surface area contributed by atoms with Gasteiger partial charge in [0, 0.05) is 0 Å². The Bertz CT molecular complexity index is 400. The van der Waals surface area contributed by atoms with E-state index in [0.717, 1.165) is 0 Å². The van der Waals surface area contributed by atoms with Crippen molar-refractivity contribution in [3.63, 3.8) is 0 Å².